The lowest BCUT2D eigenvalue weighted by molar-refractivity contribution is -0.112. The van der Waals surface area contributed by atoms with E-state index >= 15 is 0 Å². The first kappa shape index (κ1) is 19.8. The number of aliphatic hydroxyl groups is 1. The van der Waals surface area contributed by atoms with Crippen molar-refractivity contribution >= 4 is 11.7 Å². The number of aromatic nitrogens is 2. The molecule has 0 spiro atoms. The maximum absolute atomic E-state index is 14.4. The summed E-state index contributed by atoms with van der Waals surface area (Å²) in [5.74, 6) is -1.58. The molecule has 0 saturated heterocycles. The highest BCUT2D eigenvalue weighted by atomic mass is 19.1. The fourth-order valence-corrected chi connectivity index (χ4v) is 3.07. The normalized spacial score (nSPS) is 20.5. The minimum atomic E-state index is -0.769. The molecule has 1 saturated carbocycles. The van der Waals surface area contributed by atoms with Crippen molar-refractivity contribution < 1.29 is 14.3 Å². The largest absolute Gasteiger partial charge is 0.396 e. The second-order valence-electron chi connectivity index (χ2n) is 6.26. The summed E-state index contributed by atoms with van der Waals surface area (Å²) in [6, 6.07) is -0.183. The summed E-state index contributed by atoms with van der Waals surface area (Å²) >= 11 is 0. The molecule has 1 fully saturated rings. The summed E-state index contributed by atoms with van der Waals surface area (Å²) in [6.45, 7) is 5.47. The molecule has 2 atom stereocenters. The number of hydrogen-bond acceptors (Lipinski definition) is 4. The van der Waals surface area contributed by atoms with Crippen LogP contribution >= 0.6 is 0 Å². The second kappa shape index (κ2) is 9.24. The molecule has 1 aliphatic rings. The number of anilines is 1. The van der Waals surface area contributed by atoms with Gasteiger partial charge < -0.3 is 10.4 Å². The topological polar surface area (TPSA) is 84.2 Å². The lowest BCUT2D eigenvalue weighted by Gasteiger charge is -2.15. The summed E-state index contributed by atoms with van der Waals surface area (Å²) in [6.07, 6.45) is 10.1. The molecule has 7 heteroatoms. The number of carbonyl (C=O) groups excluding carboxylic acids is 1. The van der Waals surface area contributed by atoms with Crippen LogP contribution in [0.15, 0.2) is 47.4 Å². The average Bonchev–Trinajstić information content (AvgIpc) is 3.10. The fraction of sp³-hybridized carbons (Fsp3) is 0.421. The van der Waals surface area contributed by atoms with Crippen LogP contribution in [0.2, 0.25) is 0 Å². The van der Waals surface area contributed by atoms with E-state index in [1.807, 2.05) is 6.92 Å². The Morgan fingerprint density at radius 1 is 1.54 bits per heavy atom. The second-order valence-corrected chi connectivity index (χ2v) is 6.26. The summed E-state index contributed by atoms with van der Waals surface area (Å²) in [5, 5.41) is 11.6. The van der Waals surface area contributed by atoms with Gasteiger partial charge in [0.05, 0.1) is 0 Å². The highest BCUT2D eigenvalue weighted by Gasteiger charge is 2.27. The lowest BCUT2D eigenvalue weighted by atomic mass is 10.1. The van der Waals surface area contributed by atoms with Gasteiger partial charge in [0.2, 0.25) is 0 Å². The van der Waals surface area contributed by atoms with Crippen molar-refractivity contribution in [3.8, 4) is 0 Å². The van der Waals surface area contributed by atoms with Gasteiger partial charge in [-0.05, 0) is 37.7 Å². The molecule has 1 aliphatic carbocycles. The van der Waals surface area contributed by atoms with E-state index in [1.165, 1.54) is 10.6 Å². The number of nitrogens with zero attached hydrogens (tertiary/aromatic N) is 2. The zero-order valence-corrected chi connectivity index (χ0v) is 14.8. The van der Waals surface area contributed by atoms with Gasteiger partial charge in [0.1, 0.15) is 0 Å². The van der Waals surface area contributed by atoms with Crippen molar-refractivity contribution in [2.75, 3.05) is 11.9 Å². The number of hydrogen-bond donors (Lipinski definition) is 2. The van der Waals surface area contributed by atoms with Gasteiger partial charge in [-0.25, -0.2) is 9.18 Å². The van der Waals surface area contributed by atoms with Crippen molar-refractivity contribution in [2.24, 2.45) is 5.92 Å². The first-order valence-electron chi connectivity index (χ1n) is 8.70. The Bertz CT molecular complexity index is 783. The third kappa shape index (κ3) is 4.76. The Labute approximate surface area is 151 Å². The molecule has 0 radical (unpaired) electrons. The minimum absolute atomic E-state index is 0.0556. The van der Waals surface area contributed by atoms with Crippen LogP contribution in [0.4, 0.5) is 10.2 Å². The van der Waals surface area contributed by atoms with E-state index in [4.69, 9.17) is 0 Å². The first-order valence-corrected chi connectivity index (χ1v) is 8.70. The number of allylic oxidation sites excluding steroid dienone is 3. The first-order chi connectivity index (χ1) is 12.5. The van der Waals surface area contributed by atoms with Gasteiger partial charge in [0.15, 0.2) is 11.6 Å². The van der Waals surface area contributed by atoms with Crippen LogP contribution in [0.5, 0.6) is 0 Å². The van der Waals surface area contributed by atoms with Gasteiger partial charge in [0.25, 0.3) is 5.91 Å². The smallest absolute Gasteiger partial charge is 0.349 e. The molecule has 26 heavy (non-hydrogen) atoms. The molecule has 1 aromatic rings. The summed E-state index contributed by atoms with van der Waals surface area (Å²) in [5.41, 5.74) is -0.285. The zero-order valence-electron chi connectivity index (χ0n) is 14.8. The quantitative estimate of drug-likeness (QED) is 0.578. The number of nitrogens with one attached hydrogen (secondary N) is 1. The molecule has 1 aromatic heterocycles. The predicted molar refractivity (Wildman–Crippen MR) is 98.3 cm³/mol. The number of amides is 1. The van der Waals surface area contributed by atoms with Crippen LogP contribution in [-0.4, -0.2) is 27.2 Å². The van der Waals surface area contributed by atoms with Gasteiger partial charge in [-0.3, -0.25) is 9.36 Å². The Hall–Kier alpha value is -2.54. The maximum atomic E-state index is 14.4. The van der Waals surface area contributed by atoms with E-state index in [0.717, 1.165) is 12.6 Å². The molecule has 6 nitrogen and oxygen atoms in total. The fourth-order valence-electron chi connectivity index (χ4n) is 3.07. The van der Waals surface area contributed by atoms with Crippen LogP contribution in [-0.2, 0) is 4.79 Å². The van der Waals surface area contributed by atoms with E-state index in [0.29, 0.717) is 24.8 Å². The van der Waals surface area contributed by atoms with Crippen LogP contribution in [0, 0.1) is 11.7 Å². The highest BCUT2D eigenvalue weighted by molar-refractivity contribution is 6.05. The average molecular weight is 361 g/mol. The van der Waals surface area contributed by atoms with Crippen LogP contribution in [0.1, 0.15) is 38.6 Å². The van der Waals surface area contributed by atoms with E-state index in [2.05, 4.69) is 16.9 Å². The molecule has 2 N–H and O–H groups in total. The molecule has 0 aliphatic heterocycles. The zero-order chi connectivity index (χ0) is 19.1. The number of aliphatic hydroxyl groups excluding tert-OH is 1. The van der Waals surface area contributed by atoms with Gasteiger partial charge in [-0.2, -0.15) is 4.98 Å². The molecular weight excluding hydrogens is 337 g/mol. The molecular formula is C19H24FN3O3. The summed E-state index contributed by atoms with van der Waals surface area (Å²) in [7, 11) is 0. The van der Waals surface area contributed by atoms with Crippen molar-refractivity contribution in [1.29, 1.82) is 0 Å². The Morgan fingerprint density at radius 2 is 2.31 bits per heavy atom. The molecule has 1 heterocycles. The van der Waals surface area contributed by atoms with Crippen molar-refractivity contribution in [1.82, 2.24) is 9.55 Å². The van der Waals surface area contributed by atoms with Gasteiger partial charge >= 0.3 is 5.69 Å². The molecule has 140 valence electrons. The minimum Gasteiger partial charge on any atom is -0.396 e. The Balaban J connectivity index is 2.21. The monoisotopic (exact) mass is 361 g/mol. The van der Waals surface area contributed by atoms with Gasteiger partial charge in [-0.15, -0.1) is 0 Å². The molecule has 1 amide bonds. The van der Waals surface area contributed by atoms with Gasteiger partial charge in [-0.1, -0.05) is 31.7 Å². The number of rotatable bonds is 7. The third-order valence-electron chi connectivity index (χ3n) is 4.40. The Kier molecular flexibility index (Phi) is 7.03. The lowest BCUT2D eigenvalue weighted by Crippen LogP contribution is -2.29. The van der Waals surface area contributed by atoms with Crippen molar-refractivity contribution in [3.05, 3.63) is 59.0 Å². The molecule has 0 aromatic carbocycles. The van der Waals surface area contributed by atoms with Crippen molar-refractivity contribution in [3.63, 3.8) is 0 Å². The van der Waals surface area contributed by atoms with Crippen LogP contribution in [0.3, 0.4) is 0 Å². The SMILES string of the molecule is C=C/C=C\C(=C/CC)C(=O)Nc1nc(=O)n(C2CCC(CO)C2)cc1F. The summed E-state index contributed by atoms with van der Waals surface area (Å²) in [4.78, 5) is 28.2. The van der Waals surface area contributed by atoms with E-state index in [-0.39, 0.29) is 24.4 Å². The van der Waals surface area contributed by atoms with E-state index < -0.39 is 17.4 Å². The molecule has 2 unspecified atom stereocenters. The molecule has 2 rings (SSSR count). The van der Waals surface area contributed by atoms with Crippen LogP contribution < -0.4 is 11.0 Å². The summed E-state index contributed by atoms with van der Waals surface area (Å²) < 4.78 is 15.6. The number of carbonyl (C=O) groups is 1. The van der Waals surface area contributed by atoms with Gasteiger partial charge in [0, 0.05) is 24.4 Å². The third-order valence-corrected chi connectivity index (χ3v) is 4.40. The van der Waals surface area contributed by atoms with E-state index in [1.54, 1.807) is 18.2 Å². The van der Waals surface area contributed by atoms with Crippen molar-refractivity contribution in [2.45, 2.75) is 38.6 Å². The van der Waals surface area contributed by atoms with E-state index in [9.17, 15) is 19.1 Å². The molecule has 0 bridgehead atoms. The standard InChI is InChI=1S/C19H24FN3O3/c1-3-5-7-14(6-4-2)18(25)21-17-16(20)11-23(19(26)22-17)15-9-8-13(10-15)12-24/h3,5-7,11,13,15,24H,1,4,8-10,12H2,2H3,(H,21,22,25,26)/b7-5-,14-6+. The number of halogens is 1. The maximum Gasteiger partial charge on any atom is 0.349 e. The highest BCUT2D eigenvalue weighted by Crippen LogP contribution is 2.33. The Morgan fingerprint density at radius 3 is 2.92 bits per heavy atom. The predicted octanol–water partition coefficient (Wildman–Crippen LogP) is 2.73. The van der Waals surface area contributed by atoms with Crippen LogP contribution in [0.25, 0.3) is 0 Å².